The fraction of sp³-hybridized carbons (Fsp3) is 0.286. The molecule has 10 nitrogen and oxygen atoms in total. The number of benzene rings is 6. The summed E-state index contributed by atoms with van der Waals surface area (Å²) in [5, 5.41) is 2.67. The Balaban J connectivity index is 0.000000280. The molecule has 0 aliphatic carbocycles. The highest BCUT2D eigenvalue weighted by Crippen LogP contribution is 2.23. The molecule has 6 aromatic carbocycles. The summed E-state index contributed by atoms with van der Waals surface area (Å²) in [6.45, 7) is 11.0. The van der Waals surface area contributed by atoms with Gasteiger partial charge in [-0.1, -0.05) is 170 Å². The minimum atomic E-state index is -1.00. The van der Waals surface area contributed by atoms with Gasteiger partial charge in [-0.15, -0.1) is 0 Å². The normalized spacial score (nSPS) is 11.9. The van der Waals surface area contributed by atoms with Gasteiger partial charge in [0.15, 0.2) is 0 Å². The number of ether oxygens (including phenoxy) is 4. The van der Waals surface area contributed by atoms with Crippen molar-refractivity contribution >= 4 is 24.1 Å². The summed E-state index contributed by atoms with van der Waals surface area (Å²) in [6.07, 6.45) is -0.606. The van der Waals surface area contributed by atoms with Crippen LogP contribution in [-0.4, -0.2) is 66.5 Å². The lowest BCUT2D eigenvalue weighted by atomic mass is 10.0. The number of alkyl carbamates (subject to hydrolysis) is 1. The predicted octanol–water partition coefficient (Wildman–Crippen LogP) is 12.0. The number of hydrogen-bond acceptors (Lipinski definition) is 8. The molecule has 0 fully saturated rings. The molecular formula is C56H63FN2O8. The second-order valence-corrected chi connectivity index (χ2v) is 17.5. The van der Waals surface area contributed by atoms with E-state index in [1.165, 1.54) is 4.90 Å². The molecule has 0 aliphatic heterocycles. The van der Waals surface area contributed by atoms with Crippen LogP contribution in [0, 0.1) is 0 Å². The number of alkyl halides is 1. The Labute approximate surface area is 396 Å². The minimum absolute atomic E-state index is 0.138. The van der Waals surface area contributed by atoms with Gasteiger partial charge < -0.3 is 24.3 Å². The highest BCUT2D eigenvalue weighted by atomic mass is 19.1. The number of halogens is 1. The number of likely N-dealkylation sites (N-methyl/N-ethyl adjacent to an activating group) is 1. The van der Waals surface area contributed by atoms with Gasteiger partial charge in [0.25, 0.3) is 0 Å². The molecule has 1 N–H and O–H groups in total. The van der Waals surface area contributed by atoms with Crippen molar-refractivity contribution in [3.05, 3.63) is 192 Å². The van der Waals surface area contributed by atoms with Crippen LogP contribution in [0.1, 0.15) is 65.2 Å². The van der Waals surface area contributed by atoms with Crippen LogP contribution in [0.4, 0.5) is 14.0 Å². The molecule has 0 aromatic heterocycles. The first-order valence-corrected chi connectivity index (χ1v) is 21.9. The molecule has 11 heteroatoms. The Kier molecular flexibility index (Phi) is 19.7. The van der Waals surface area contributed by atoms with Crippen LogP contribution >= 0.6 is 0 Å². The number of carbonyl (C=O) groups excluding carboxylic acids is 4. The highest BCUT2D eigenvalue weighted by molar-refractivity contribution is 5.82. The number of esters is 2. The first-order valence-electron chi connectivity index (χ1n) is 22.7. The fourth-order valence-corrected chi connectivity index (χ4v) is 6.52. The number of carbonyl (C=O) groups is 4. The van der Waals surface area contributed by atoms with E-state index in [4.69, 9.17) is 20.3 Å². The Hall–Kier alpha value is -7.27. The molecule has 6 aromatic rings. The number of hydrogen-bond donors (Lipinski definition) is 1. The summed E-state index contributed by atoms with van der Waals surface area (Å²) < 4.78 is 37.4. The minimum Gasteiger partial charge on any atom is -0.459 e. The van der Waals surface area contributed by atoms with E-state index in [0.717, 1.165) is 44.5 Å². The van der Waals surface area contributed by atoms with E-state index in [2.05, 4.69) is 17.4 Å². The molecule has 0 saturated heterocycles. The smallest absolute Gasteiger partial charge is 0.410 e. The zero-order chi connectivity index (χ0) is 49.5. The van der Waals surface area contributed by atoms with E-state index in [9.17, 15) is 23.6 Å². The molecule has 0 heterocycles. The summed E-state index contributed by atoms with van der Waals surface area (Å²) in [7, 11) is 0.570. The highest BCUT2D eigenvalue weighted by Gasteiger charge is 2.32. The van der Waals surface area contributed by atoms with Gasteiger partial charge in [-0.2, -0.15) is 0 Å². The molecule has 0 radical (unpaired) electrons. The monoisotopic (exact) mass is 911 g/mol. The standard InChI is InChI=1S/C28H31NO4.C27H29NO4.CH3F/c1-28(2,3)33-27(31)29(4)25(26(30)32-20-22-11-7-5-8-12-22)19-21-15-17-24(18-16-21)23-13-9-6-10-14-23;1-27(2,3)32-26(30)28-24(25(29)31-19-21-10-6-4-7-11-21)18-20-14-16-23(17-15-20)22-12-8-5-9-13-22;1-2/h5-18,25H,19-20H2,1-4H3;4-17,24H,18-19H2,1-3H3,(H,28,30);1H3/t25-;24-;/m00./s1/i;;1D. The lowest BCUT2D eigenvalue weighted by Crippen LogP contribution is -2.46. The van der Waals surface area contributed by atoms with E-state index in [0.29, 0.717) is 12.8 Å². The van der Waals surface area contributed by atoms with E-state index < -0.39 is 54.6 Å². The van der Waals surface area contributed by atoms with Crippen molar-refractivity contribution in [2.75, 3.05) is 14.2 Å². The predicted molar refractivity (Wildman–Crippen MR) is 262 cm³/mol. The average molecular weight is 912 g/mol. The zero-order valence-electron chi connectivity index (χ0n) is 40.4. The van der Waals surface area contributed by atoms with Crippen molar-refractivity contribution in [3.63, 3.8) is 0 Å². The summed E-state index contributed by atoms with van der Waals surface area (Å²) in [5.41, 5.74) is 6.66. The van der Waals surface area contributed by atoms with Crippen LogP contribution in [0.15, 0.2) is 170 Å². The van der Waals surface area contributed by atoms with Gasteiger partial charge in [0, 0.05) is 19.9 Å². The Morgan fingerprint density at radius 3 is 1.28 bits per heavy atom. The van der Waals surface area contributed by atoms with E-state index in [1.807, 2.05) is 158 Å². The third-order valence-electron chi connectivity index (χ3n) is 9.84. The molecule has 0 aliphatic rings. The lowest BCUT2D eigenvalue weighted by Gasteiger charge is -2.29. The summed E-state index contributed by atoms with van der Waals surface area (Å²) in [4.78, 5) is 52.2. The number of amides is 2. The van der Waals surface area contributed by atoms with Crippen LogP contribution < -0.4 is 5.32 Å². The van der Waals surface area contributed by atoms with Gasteiger partial charge >= 0.3 is 24.1 Å². The van der Waals surface area contributed by atoms with Gasteiger partial charge in [0.05, 0.1) is 8.52 Å². The first kappa shape index (κ1) is 50.7. The number of rotatable bonds is 14. The second kappa shape index (κ2) is 26.0. The topological polar surface area (TPSA) is 120 Å². The lowest BCUT2D eigenvalue weighted by molar-refractivity contribution is -0.150. The third kappa shape index (κ3) is 18.6. The van der Waals surface area contributed by atoms with Gasteiger partial charge in [-0.3, -0.25) is 9.29 Å². The van der Waals surface area contributed by atoms with Crippen molar-refractivity contribution in [2.24, 2.45) is 0 Å². The Morgan fingerprint density at radius 2 is 0.881 bits per heavy atom. The molecule has 352 valence electrons. The maximum absolute atomic E-state index is 13.0. The molecular weight excluding hydrogens is 848 g/mol. The van der Waals surface area contributed by atoms with Crippen LogP contribution in [0.5, 0.6) is 0 Å². The zero-order valence-corrected chi connectivity index (χ0v) is 39.4. The maximum atomic E-state index is 13.0. The summed E-state index contributed by atoms with van der Waals surface area (Å²) in [6, 6.07) is 53.3. The Bertz CT molecular complexity index is 2430. The van der Waals surface area contributed by atoms with Crippen LogP contribution in [-0.2, 0) is 54.6 Å². The van der Waals surface area contributed by atoms with Crippen molar-refractivity contribution in [3.8, 4) is 22.3 Å². The van der Waals surface area contributed by atoms with Gasteiger partial charge in [-0.25, -0.2) is 19.2 Å². The molecule has 0 saturated carbocycles. The van der Waals surface area contributed by atoms with Gasteiger partial charge in [0.1, 0.15) is 36.5 Å². The molecule has 2 atom stereocenters. The van der Waals surface area contributed by atoms with Crippen molar-refractivity contribution < 1.29 is 43.9 Å². The van der Waals surface area contributed by atoms with Gasteiger partial charge in [-0.05, 0) is 86.1 Å². The molecule has 2 amide bonds. The first-order chi connectivity index (χ1) is 32.4. The summed E-state index contributed by atoms with van der Waals surface area (Å²) in [5.74, 6) is -0.980. The molecule has 0 bridgehead atoms. The maximum Gasteiger partial charge on any atom is 0.410 e. The Morgan fingerprint density at radius 1 is 0.522 bits per heavy atom. The molecule has 0 spiro atoms. The van der Waals surface area contributed by atoms with E-state index in [-0.39, 0.29) is 13.2 Å². The van der Waals surface area contributed by atoms with E-state index in [1.54, 1.807) is 48.6 Å². The molecule has 67 heavy (non-hydrogen) atoms. The van der Waals surface area contributed by atoms with Crippen LogP contribution in [0.3, 0.4) is 0 Å². The second-order valence-electron chi connectivity index (χ2n) is 17.5. The average Bonchev–Trinajstić information content (AvgIpc) is 3.32. The third-order valence-corrected chi connectivity index (χ3v) is 9.84. The number of nitrogens with one attached hydrogen (secondary N) is 1. The van der Waals surface area contributed by atoms with Crippen molar-refractivity contribution in [1.82, 2.24) is 10.2 Å². The molecule has 0 unspecified atom stereocenters. The van der Waals surface area contributed by atoms with Crippen molar-refractivity contribution in [2.45, 2.75) is 90.9 Å². The SMILES string of the molecule is CC(C)(C)OC(=O)N[C@@H](Cc1ccc(-c2ccccc2)cc1)C(=O)OCc1ccccc1.CN(C(=O)OC(C)(C)C)[C@@H](Cc1ccc(-c2ccccc2)cc1)C(=O)OCc1ccccc1.[2H]CF. The molecule has 6 rings (SSSR count). The fourth-order valence-electron chi connectivity index (χ4n) is 6.52. The van der Waals surface area contributed by atoms with Gasteiger partial charge in [0.2, 0.25) is 0 Å². The van der Waals surface area contributed by atoms with E-state index >= 15 is 0 Å². The van der Waals surface area contributed by atoms with Crippen molar-refractivity contribution in [1.29, 1.82) is 0 Å². The quantitative estimate of drug-likeness (QED) is 0.0847. The largest absolute Gasteiger partial charge is 0.459 e. The van der Waals surface area contributed by atoms with Crippen LogP contribution in [0.25, 0.3) is 22.3 Å². The van der Waals surface area contributed by atoms with Crippen LogP contribution in [0.2, 0.25) is 0 Å². The number of nitrogens with zero attached hydrogens (tertiary/aromatic N) is 1. The summed E-state index contributed by atoms with van der Waals surface area (Å²) >= 11 is 0.